The molecule has 0 aliphatic carbocycles. The van der Waals surface area contributed by atoms with Gasteiger partial charge in [0.15, 0.2) is 0 Å². The molecule has 1 heterocycles. The first kappa shape index (κ1) is 11.1. The van der Waals surface area contributed by atoms with Gasteiger partial charge in [-0.2, -0.15) is 0 Å². The molecule has 78 valence electrons. The Morgan fingerprint density at radius 2 is 2.21 bits per heavy atom. The normalized spacial score (nSPS) is 11.5. The molecule has 14 heavy (non-hydrogen) atoms. The van der Waals surface area contributed by atoms with Crippen LogP contribution in [0.3, 0.4) is 0 Å². The lowest BCUT2D eigenvalue weighted by atomic mass is 10.3. The molecule has 0 fully saturated rings. The van der Waals surface area contributed by atoms with Crippen LogP contribution in [0, 0.1) is 0 Å². The third kappa shape index (κ3) is 3.85. The lowest BCUT2D eigenvalue weighted by molar-refractivity contribution is 0.582. The van der Waals surface area contributed by atoms with E-state index in [1.54, 1.807) is 13.1 Å². The Morgan fingerprint density at radius 3 is 2.79 bits per heavy atom. The van der Waals surface area contributed by atoms with Crippen molar-refractivity contribution in [1.29, 1.82) is 0 Å². The van der Waals surface area contributed by atoms with E-state index in [1.165, 1.54) is 0 Å². The molecular formula is C9H14N2O2S. The van der Waals surface area contributed by atoms with Crippen LogP contribution in [-0.4, -0.2) is 25.7 Å². The number of sulfonamides is 1. The number of hydrogen-bond donors (Lipinski definition) is 1. The summed E-state index contributed by atoms with van der Waals surface area (Å²) in [5.41, 5.74) is 0.895. The number of rotatable bonds is 5. The highest BCUT2D eigenvalue weighted by Crippen LogP contribution is 1.93. The summed E-state index contributed by atoms with van der Waals surface area (Å²) in [5, 5.41) is 0. The van der Waals surface area contributed by atoms with Gasteiger partial charge in [-0.05, 0) is 19.1 Å². The molecule has 0 unspecified atom stereocenters. The number of hydrogen-bond acceptors (Lipinski definition) is 3. The van der Waals surface area contributed by atoms with Crippen molar-refractivity contribution in [2.24, 2.45) is 0 Å². The van der Waals surface area contributed by atoms with Crippen molar-refractivity contribution in [3.8, 4) is 0 Å². The van der Waals surface area contributed by atoms with Gasteiger partial charge in [-0.15, -0.1) is 0 Å². The summed E-state index contributed by atoms with van der Waals surface area (Å²) in [5.74, 6) is 0.120. The van der Waals surface area contributed by atoms with E-state index in [9.17, 15) is 8.42 Å². The second-order valence-electron chi connectivity index (χ2n) is 2.87. The Bertz CT molecular complexity index is 362. The number of nitrogens with zero attached hydrogens (tertiary/aromatic N) is 1. The van der Waals surface area contributed by atoms with Gasteiger partial charge >= 0.3 is 0 Å². The fraction of sp³-hybridized carbons (Fsp3) is 0.444. The van der Waals surface area contributed by atoms with Crippen LogP contribution in [0.15, 0.2) is 24.4 Å². The van der Waals surface area contributed by atoms with Gasteiger partial charge in [0.2, 0.25) is 10.0 Å². The van der Waals surface area contributed by atoms with Gasteiger partial charge in [-0.1, -0.05) is 6.07 Å². The third-order valence-corrected chi connectivity index (χ3v) is 3.21. The molecule has 0 saturated heterocycles. The molecule has 0 aromatic carbocycles. The molecule has 1 aromatic rings. The maximum absolute atomic E-state index is 11.1. The molecule has 0 bridgehead atoms. The summed E-state index contributed by atoms with van der Waals surface area (Å²) in [6.07, 6.45) is 2.32. The second-order valence-corrected chi connectivity index (χ2v) is 4.96. The zero-order chi connectivity index (χ0) is 10.4. The lowest BCUT2D eigenvalue weighted by Crippen LogP contribution is -2.27. The lowest BCUT2D eigenvalue weighted by Gasteiger charge is -2.03. The summed E-state index contributed by atoms with van der Waals surface area (Å²) < 4.78 is 24.6. The molecular weight excluding hydrogens is 200 g/mol. The van der Waals surface area contributed by atoms with Crippen LogP contribution < -0.4 is 4.72 Å². The van der Waals surface area contributed by atoms with Crippen LogP contribution in [0.5, 0.6) is 0 Å². The summed E-state index contributed by atoms with van der Waals surface area (Å²) in [6, 6.07) is 5.59. The van der Waals surface area contributed by atoms with E-state index >= 15 is 0 Å². The molecule has 0 aliphatic rings. The highest BCUT2D eigenvalue weighted by atomic mass is 32.2. The molecule has 4 nitrogen and oxygen atoms in total. The smallest absolute Gasteiger partial charge is 0.211 e. The Labute approximate surface area is 84.4 Å². The molecule has 0 spiro atoms. The van der Waals surface area contributed by atoms with Gasteiger partial charge in [-0.25, -0.2) is 13.1 Å². The van der Waals surface area contributed by atoms with Gasteiger partial charge in [0.1, 0.15) is 0 Å². The molecule has 1 N–H and O–H groups in total. The molecule has 0 saturated carbocycles. The van der Waals surface area contributed by atoms with E-state index < -0.39 is 10.0 Å². The topological polar surface area (TPSA) is 59.1 Å². The highest BCUT2D eigenvalue weighted by molar-refractivity contribution is 7.89. The standard InChI is InChI=1S/C9H14N2O2S/c1-2-14(12,13)11-8-6-9-5-3-4-7-10-9/h3-5,7,11H,2,6,8H2,1H3. The van der Waals surface area contributed by atoms with Crippen LogP contribution in [0.25, 0.3) is 0 Å². The summed E-state index contributed by atoms with van der Waals surface area (Å²) in [7, 11) is -3.07. The predicted molar refractivity (Wildman–Crippen MR) is 55.4 cm³/mol. The van der Waals surface area contributed by atoms with Crippen LogP contribution in [0.2, 0.25) is 0 Å². The van der Waals surface area contributed by atoms with Crippen molar-refractivity contribution in [3.63, 3.8) is 0 Å². The molecule has 1 aromatic heterocycles. The van der Waals surface area contributed by atoms with Crippen LogP contribution >= 0.6 is 0 Å². The summed E-state index contributed by atoms with van der Waals surface area (Å²) in [6.45, 7) is 2.02. The Balaban J connectivity index is 2.37. The molecule has 0 atom stereocenters. The van der Waals surface area contributed by atoms with E-state index in [1.807, 2.05) is 18.2 Å². The first-order chi connectivity index (χ1) is 6.64. The summed E-state index contributed by atoms with van der Waals surface area (Å²) in [4.78, 5) is 4.09. The van der Waals surface area contributed by atoms with E-state index in [4.69, 9.17) is 0 Å². The van der Waals surface area contributed by atoms with E-state index in [0.29, 0.717) is 13.0 Å². The monoisotopic (exact) mass is 214 g/mol. The van der Waals surface area contributed by atoms with Gasteiger partial charge in [0, 0.05) is 24.9 Å². The highest BCUT2D eigenvalue weighted by Gasteiger charge is 2.04. The number of nitrogens with one attached hydrogen (secondary N) is 1. The minimum absolute atomic E-state index is 0.120. The summed E-state index contributed by atoms with van der Waals surface area (Å²) >= 11 is 0. The fourth-order valence-electron chi connectivity index (χ4n) is 0.983. The van der Waals surface area contributed by atoms with E-state index in [-0.39, 0.29) is 5.75 Å². The predicted octanol–water partition coefficient (Wildman–Crippen LogP) is 0.563. The largest absolute Gasteiger partial charge is 0.261 e. The quantitative estimate of drug-likeness (QED) is 0.779. The Morgan fingerprint density at radius 1 is 1.43 bits per heavy atom. The fourth-order valence-corrected chi connectivity index (χ4v) is 1.60. The number of aromatic nitrogens is 1. The van der Waals surface area contributed by atoms with Crippen LogP contribution in [0.4, 0.5) is 0 Å². The van der Waals surface area contributed by atoms with Crippen LogP contribution in [0.1, 0.15) is 12.6 Å². The van der Waals surface area contributed by atoms with Crippen molar-refractivity contribution < 1.29 is 8.42 Å². The Kier molecular flexibility index (Phi) is 4.03. The van der Waals surface area contributed by atoms with Gasteiger partial charge in [0.05, 0.1) is 5.75 Å². The maximum atomic E-state index is 11.1. The zero-order valence-corrected chi connectivity index (χ0v) is 8.92. The second kappa shape index (κ2) is 5.07. The Hall–Kier alpha value is -0.940. The molecule has 0 aliphatic heterocycles. The zero-order valence-electron chi connectivity index (χ0n) is 8.10. The van der Waals surface area contributed by atoms with E-state index in [2.05, 4.69) is 9.71 Å². The SMILES string of the molecule is CCS(=O)(=O)NCCc1ccccn1. The first-order valence-corrected chi connectivity index (χ1v) is 6.16. The number of pyridine rings is 1. The van der Waals surface area contributed by atoms with Crippen molar-refractivity contribution in [1.82, 2.24) is 9.71 Å². The van der Waals surface area contributed by atoms with Crippen molar-refractivity contribution in [2.45, 2.75) is 13.3 Å². The van der Waals surface area contributed by atoms with Crippen molar-refractivity contribution in [2.75, 3.05) is 12.3 Å². The van der Waals surface area contributed by atoms with Crippen molar-refractivity contribution >= 4 is 10.0 Å². The minimum atomic E-state index is -3.07. The van der Waals surface area contributed by atoms with Crippen LogP contribution in [-0.2, 0) is 16.4 Å². The average molecular weight is 214 g/mol. The molecule has 0 radical (unpaired) electrons. The first-order valence-electron chi connectivity index (χ1n) is 4.51. The maximum Gasteiger partial charge on any atom is 0.211 e. The van der Waals surface area contributed by atoms with E-state index in [0.717, 1.165) is 5.69 Å². The van der Waals surface area contributed by atoms with Gasteiger partial charge < -0.3 is 0 Å². The van der Waals surface area contributed by atoms with Crippen molar-refractivity contribution in [3.05, 3.63) is 30.1 Å². The molecule has 0 amide bonds. The minimum Gasteiger partial charge on any atom is -0.261 e. The third-order valence-electron chi connectivity index (χ3n) is 1.81. The molecule has 1 rings (SSSR count). The molecule has 5 heteroatoms. The van der Waals surface area contributed by atoms with Gasteiger partial charge in [0.25, 0.3) is 0 Å². The van der Waals surface area contributed by atoms with Gasteiger partial charge in [-0.3, -0.25) is 4.98 Å². The average Bonchev–Trinajstić information content (AvgIpc) is 2.19.